The van der Waals surface area contributed by atoms with Gasteiger partial charge in [-0.25, -0.2) is 8.42 Å². The summed E-state index contributed by atoms with van der Waals surface area (Å²) >= 11 is 0. The average Bonchev–Trinajstić information content (AvgIpc) is 3.28. The zero-order valence-electron chi connectivity index (χ0n) is 19.4. The lowest BCUT2D eigenvalue weighted by Crippen LogP contribution is -2.70. The first-order valence-electron chi connectivity index (χ1n) is 11.4. The van der Waals surface area contributed by atoms with Crippen molar-refractivity contribution in [2.75, 3.05) is 18.0 Å². The number of para-hydroxylation sites is 1. The summed E-state index contributed by atoms with van der Waals surface area (Å²) in [6, 6.07) is 14.0. The number of hydrogen-bond acceptors (Lipinski definition) is 4. The number of nitrogens with zero attached hydrogens (tertiary/aromatic N) is 2. The average molecular weight is 470 g/mol. The van der Waals surface area contributed by atoms with Crippen LogP contribution >= 0.6 is 0 Å². The van der Waals surface area contributed by atoms with Gasteiger partial charge >= 0.3 is 0 Å². The van der Waals surface area contributed by atoms with Crippen molar-refractivity contribution in [1.29, 1.82) is 0 Å². The second-order valence-electron chi connectivity index (χ2n) is 9.33. The molecule has 1 aliphatic heterocycles. The normalized spacial score (nSPS) is 22.5. The molecule has 1 aliphatic carbocycles. The van der Waals surface area contributed by atoms with Gasteiger partial charge < -0.3 is 5.32 Å². The van der Waals surface area contributed by atoms with Gasteiger partial charge in [-0.15, -0.1) is 0 Å². The Morgan fingerprint density at radius 3 is 2.30 bits per heavy atom. The van der Waals surface area contributed by atoms with Crippen LogP contribution in [0.1, 0.15) is 43.7 Å². The zero-order chi connectivity index (χ0) is 23.8. The van der Waals surface area contributed by atoms with Crippen molar-refractivity contribution in [3.05, 3.63) is 59.7 Å². The van der Waals surface area contributed by atoms with Gasteiger partial charge in [0.1, 0.15) is 5.54 Å². The molecule has 2 fully saturated rings. The van der Waals surface area contributed by atoms with Crippen molar-refractivity contribution in [1.82, 2.24) is 9.62 Å². The summed E-state index contributed by atoms with van der Waals surface area (Å²) in [5, 5.41) is 3.09. The third-order valence-electron chi connectivity index (χ3n) is 6.73. The Morgan fingerprint density at radius 2 is 1.67 bits per heavy atom. The van der Waals surface area contributed by atoms with Crippen molar-refractivity contribution >= 4 is 27.5 Å². The largest absolute Gasteiger partial charge is 0.351 e. The summed E-state index contributed by atoms with van der Waals surface area (Å²) < 4.78 is 28.0. The first kappa shape index (κ1) is 23.4. The topological polar surface area (TPSA) is 86.8 Å². The summed E-state index contributed by atoms with van der Waals surface area (Å²) in [5.74, 6) is -0.745. The van der Waals surface area contributed by atoms with E-state index in [1.54, 1.807) is 37.3 Å². The van der Waals surface area contributed by atoms with E-state index in [0.29, 0.717) is 5.69 Å². The minimum absolute atomic E-state index is 0.0484. The molecule has 176 valence electrons. The van der Waals surface area contributed by atoms with Gasteiger partial charge in [0.25, 0.3) is 0 Å². The molecule has 2 aliphatic rings. The summed E-state index contributed by atoms with van der Waals surface area (Å²) in [6.45, 7) is 4.98. The quantitative estimate of drug-likeness (QED) is 0.729. The molecular weight excluding hydrogens is 438 g/mol. The molecule has 0 spiro atoms. The highest BCUT2D eigenvalue weighted by molar-refractivity contribution is 7.89. The molecule has 33 heavy (non-hydrogen) atoms. The zero-order valence-corrected chi connectivity index (χ0v) is 20.2. The molecule has 1 saturated heterocycles. The number of amides is 2. The number of rotatable bonds is 5. The molecule has 7 nitrogen and oxygen atoms in total. The van der Waals surface area contributed by atoms with Crippen molar-refractivity contribution < 1.29 is 18.0 Å². The molecule has 0 bridgehead atoms. The van der Waals surface area contributed by atoms with Crippen molar-refractivity contribution in [3.8, 4) is 0 Å². The fourth-order valence-electron chi connectivity index (χ4n) is 4.79. The van der Waals surface area contributed by atoms with Crippen LogP contribution in [-0.4, -0.2) is 49.2 Å². The Balaban J connectivity index is 1.74. The fraction of sp³-hybridized carbons (Fsp3) is 0.440. The SMILES string of the molecule is Cc1ccc(S(=O)(=O)N2CC(=O)N(c3ccccc3C)C(C)(C(=O)NC3CCCC3)C2)cc1. The van der Waals surface area contributed by atoms with E-state index in [4.69, 9.17) is 0 Å². The van der Waals surface area contributed by atoms with E-state index >= 15 is 0 Å². The molecule has 8 heteroatoms. The monoisotopic (exact) mass is 469 g/mol. The molecule has 1 saturated carbocycles. The number of sulfonamides is 1. The Hall–Kier alpha value is -2.71. The van der Waals surface area contributed by atoms with E-state index in [-0.39, 0.29) is 29.9 Å². The standard InChI is InChI=1S/C25H31N3O4S/c1-18-12-14-21(15-13-18)33(31,32)27-16-23(29)28(22-11-7-4-8-19(22)2)25(3,17-27)24(30)26-20-9-5-6-10-20/h4,7-8,11-15,20H,5-6,9-10,16-17H2,1-3H3,(H,26,30). The van der Waals surface area contributed by atoms with Crippen LogP contribution in [0.5, 0.6) is 0 Å². The first-order valence-corrected chi connectivity index (χ1v) is 12.8. The maximum absolute atomic E-state index is 13.6. The van der Waals surface area contributed by atoms with Crippen LogP contribution < -0.4 is 10.2 Å². The Labute approximate surface area is 195 Å². The minimum Gasteiger partial charge on any atom is -0.351 e. The van der Waals surface area contributed by atoms with Crippen LogP contribution in [0, 0.1) is 13.8 Å². The summed E-state index contributed by atoms with van der Waals surface area (Å²) in [7, 11) is -3.95. The van der Waals surface area contributed by atoms with Gasteiger partial charge in [-0.3, -0.25) is 14.5 Å². The highest BCUT2D eigenvalue weighted by atomic mass is 32.2. The van der Waals surface area contributed by atoms with Crippen LogP contribution in [0.25, 0.3) is 0 Å². The van der Waals surface area contributed by atoms with E-state index < -0.39 is 21.5 Å². The number of carbonyl (C=O) groups excluding carboxylic acids is 2. The molecule has 1 heterocycles. The number of hydrogen-bond donors (Lipinski definition) is 1. The highest BCUT2D eigenvalue weighted by Gasteiger charge is 2.51. The molecule has 4 rings (SSSR count). The van der Waals surface area contributed by atoms with E-state index in [0.717, 1.165) is 41.1 Å². The van der Waals surface area contributed by atoms with E-state index in [2.05, 4.69) is 5.32 Å². The molecule has 2 aromatic rings. The number of carbonyl (C=O) groups is 2. The predicted molar refractivity (Wildman–Crippen MR) is 127 cm³/mol. The third kappa shape index (κ3) is 4.42. The smallest absolute Gasteiger partial charge is 0.247 e. The van der Waals surface area contributed by atoms with Gasteiger partial charge in [-0.2, -0.15) is 4.31 Å². The molecule has 1 atom stereocenters. The molecule has 2 aromatic carbocycles. The van der Waals surface area contributed by atoms with E-state index in [9.17, 15) is 18.0 Å². The Bertz CT molecular complexity index is 1160. The Kier molecular flexibility index (Phi) is 6.33. The lowest BCUT2D eigenvalue weighted by molar-refractivity contribution is -0.133. The Morgan fingerprint density at radius 1 is 1.03 bits per heavy atom. The lowest BCUT2D eigenvalue weighted by atomic mass is 9.93. The van der Waals surface area contributed by atoms with Gasteiger partial charge in [0, 0.05) is 18.3 Å². The molecular formula is C25H31N3O4S. The number of nitrogens with one attached hydrogen (secondary N) is 1. The van der Waals surface area contributed by atoms with Crippen LogP contribution in [0.4, 0.5) is 5.69 Å². The number of piperazine rings is 1. The summed E-state index contributed by atoms with van der Waals surface area (Å²) in [5.41, 5.74) is 1.02. The fourth-order valence-corrected chi connectivity index (χ4v) is 6.27. The minimum atomic E-state index is -3.95. The van der Waals surface area contributed by atoms with Gasteiger partial charge in [0.2, 0.25) is 21.8 Å². The van der Waals surface area contributed by atoms with Crippen LogP contribution in [0.2, 0.25) is 0 Å². The number of benzene rings is 2. The molecule has 1 N–H and O–H groups in total. The number of anilines is 1. The first-order chi connectivity index (χ1) is 15.6. The molecule has 0 radical (unpaired) electrons. The molecule has 0 aromatic heterocycles. The van der Waals surface area contributed by atoms with E-state index in [1.165, 1.54) is 4.90 Å². The van der Waals surface area contributed by atoms with Gasteiger partial charge in [-0.1, -0.05) is 48.7 Å². The summed E-state index contributed by atoms with van der Waals surface area (Å²) in [6.07, 6.45) is 3.89. The molecule has 2 amide bonds. The maximum Gasteiger partial charge on any atom is 0.247 e. The van der Waals surface area contributed by atoms with Crippen LogP contribution in [0.15, 0.2) is 53.4 Å². The van der Waals surface area contributed by atoms with Crippen molar-refractivity contribution in [3.63, 3.8) is 0 Å². The highest BCUT2D eigenvalue weighted by Crippen LogP contribution is 2.34. The third-order valence-corrected chi connectivity index (χ3v) is 8.54. The predicted octanol–water partition coefficient (Wildman–Crippen LogP) is 3.16. The van der Waals surface area contributed by atoms with Crippen molar-refractivity contribution in [2.45, 2.75) is 62.9 Å². The second kappa shape index (κ2) is 8.91. The van der Waals surface area contributed by atoms with Gasteiger partial charge in [-0.05, 0) is 57.4 Å². The van der Waals surface area contributed by atoms with Crippen LogP contribution in [-0.2, 0) is 19.6 Å². The maximum atomic E-state index is 13.6. The second-order valence-corrected chi connectivity index (χ2v) is 11.3. The van der Waals surface area contributed by atoms with Gasteiger partial charge in [0.05, 0.1) is 11.4 Å². The van der Waals surface area contributed by atoms with E-state index in [1.807, 2.05) is 32.0 Å². The lowest BCUT2D eigenvalue weighted by Gasteiger charge is -2.47. The summed E-state index contributed by atoms with van der Waals surface area (Å²) in [4.78, 5) is 28.7. The molecule has 1 unspecified atom stereocenters. The van der Waals surface area contributed by atoms with Gasteiger partial charge in [0.15, 0.2) is 0 Å². The number of aryl methyl sites for hydroxylation is 2. The van der Waals surface area contributed by atoms with Crippen LogP contribution in [0.3, 0.4) is 0 Å². The van der Waals surface area contributed by atoms with Crippen molar-refractivity contribution in [2.24, 2.45) is 0 Å².